The van der Waals surface area contributed by atoms with Crippen molar-refractivity contribution < 1.29 is 15.3 Å². The molecule has 0 bridgehead atoms. The number of allylic oxidation sites excluding steroid dienone is 3. The third kappa shape index (κ3) is 2.87. The predicted molar refractivity (Wildman–Crippen MR) is 86.8 cm³/mol. The molecule has 6 atom stereocenters. The highest BCUT2D eigenvalue weighted by atomic mass is 35.5. The Balaban J connectivity index is 1.83. The first-order valence-electron chi connectivity index (χ1n) is 8.17. The van der Waals surface area contributed by atoms with Crippen molar-refractivity contribution in [1.82, 2.24) is 4.90 Å². The standard InChI is InChI=1S/C17H26ClNO3/c1-10(3-4-11-5-6-11)9-13-16(21)17(2,22)15-14(20)12(18)7-8-19(13)15/h3-4,9,11-16,20-22H,5-8H2,1-2H3. The maximum absolute atomic E-state index is 10.7. The summed E-state index contributed by atoms with van der Waals surface area (Å²) < 4.78 is 0. The van der Waals surface area contributed by atoms with E-state index in [4.69, 9.17) is 11.6 Å². The molecule has 0 aromatic carbocycles. The molecule has 3 fully saturated rings. The molecule has 3 rings (SSSR count). The average molecular weight is 328 g/mol. The van der Waals surface area contributed by atoms with Gasteiger partial charge in [0.05, 0.1) is 23.6 Å². The Morgan fingerprint density at radius 2 is 1.95 bits per heavy atom. The smallest absolute Gasteiger partial charge is 0.108 e. The SMILES string of the molecule is CC(C=CC1CC1)=CC1C(O)C(C)(O)C2C(O)C(Cl)CCN12. The molecule has 0 radical (unpaired) electrons. The third-order valence-corrected chi connectivity index (χ3v) is 5.78. The molecule has 2 saturated heterocycles. The molecule has 5 heteroatoms. The molecule has 2 aliphatic heterocycles. The highest BCUT2D eigenvalue weighted by Crippen LogP contribution is 2.41. The van der Waals surface area contributed by atoms with Crippen molar-refractivity contribution in [1.29, 1.82) is 0 Å². The van der Waals surface area contributed by atoms with Crippen molar-refractivity contribution in [3.8, 4) is 0 Å². The van der Waals surface area contributed by atoms with E-state index in [1.165, 1.54) is 12.8 Å². The van der Waals surface area contributed by atoms with Crippen LogP contribution in [0.5, 0.6) is 0 Å². The summed E-state index contributed by atoms with van der Waals surface area (Å²) in [6.07, 6.45) is 7.73. The van der Waals surface area contributed by atoms with Crippen molar-refractivity contribution in [3.05, 3.63) is 23.8 Å². The summed E-state index contributed by atoms with van der Waals surface area (Å²) in [5.41, 5.74) is -0.288. The number of aliphatic hydroxyl groups is 3. The molecule has 1 aliphatic carbocycles. The van der Waals surface area contributed by atoms with Crippen LogP contribution >= 0.6 is 11.6 Å². The van der Waals surface area contributed by atoms with E-state index in [0.717, 1.165) is 5.57 Å². The Morgan fingerprint density at radius 3 is 2.59 bits per heavy atom. The zero-order valence-electron chi connectivity index (χ0n) is 13.2. The van der Waals surface area contributed by atoms with E-state index in [-0.39, 0.29) is 11.4 Å². The van der Waals surface area contributed by atoms with Gasteiger partial charge < -0.3 is 15.3 Å². The number of halogens is 1. The molecular weight excluding hydrogens is 302 g/mol. The Kier molecular flexibility index (Phi) is 4.43. The molecule has 4 nitrogen and oxygen atoms in total. The van der Waals surface area contributed by atoms with Gasteiger partial charge in [-0.1, -0.05) is 23.8 Å². The zero-order chi connectivity index (χ0) is 16.1. The Hall–Kier alpha value is -0.390. The van der Waals surface area contributed by atoms with E-state index < -0.39 is 23.9 Å². The number of rotatable bonds is 3. The monoisotopic (exact) mass is 327 g/mol. The summed E-state index contributed by atoms with van der Waals surface area (Å²) in [4.78, 5) is 2.00. The van der Waals surface area contributed by atoms with Gasteiger partial charge in [0.25, 0.3) is 0 Å². The molecule has 0 spiro atoms. The maximum atomic E-state index is 10.7. The number of nitrogens with zero attached hydrogens (tertiary/aromatic N) is 1. The second-order valence-corrected chi connectivity index (χ2v) is 7.81. The Labute approximate surface area is 137 Å². The summed E-state index contributed by atoms with van der Waals surface area (Å²) in [7, 11) is 0. The lowest BCUT2D eigenvalue weighted by molar-refractivity contribution is -0.0911. The van der Waals surface area contributed by atoms with Crippen LogP contribution < -0.4 is 0 Å². The van der Waals surface area contributed by atoms with Gasteiger partial charge in [-0.25, -0.2) is 0 Å². The maximum Gasteiger partial charge on any atom is 0.108 e. The van der Waals surface area contributed by atoms with Gasteiger partial charge in [-0.2, -0.15) is 0 Å². The van der Waals surface area contributed by atoms with Crippen molar-refractivity contribution in [2.75, 3.05) is 6.54 Å². The minimum atomic E-state index is -1.37. The van der Waals surface area contributed by atoms with Crippen LogP contribution in [0.25, 0.3) is 0 Å². The topological polar surface area (TPSA) is 63.9 Å². The van der Waals surface area contributed by atoms with E-state index in [1.54, 1.807) is 6.92 Å². The lowest BCUT2D eigenvalue weighted by Crippen LogP contribution is -2.59. The van der Waals surface area contributed by atoms with E-state index in [9.17, 15) is 15.3 Å². The van der Waals surface area contributed by atoms with Crippen LogP contribution in [-0.4, -0.2) is 62.0 Å². The molecular formula is C17H26ClNO3. The van der Waals surface area contributed by atoms with Gasteiger partial charge in [0.15, 0.2) is 0 Å². The number of alkyl halides is 1. The molecule has 3 N–H and O–H groups in total. The van der Waals surface area contributed by atoms with E-state index in [1.807, 2.05) is 17.9 Å². The molecule has 0 aromatic heterocycles. The fourth-order valence-corrected chi connectivity index (χ4v) is 4.02. The van der Waals surface area contributed by atoms with Crippen LogP contribution in [0.15, 0.2) is 23.8 Å². The molecule has 2 heterocycles. The first-order chi connectivity index (χ1) is 10.3. The van der Waals surface area contributed by atoms with E-state index in [2.05, 4.69) is 12.2 Å². The van der Waals surface area contributed by atoms with Crippen molar-refractivity contribution in [2.45, 2.75) is 68.4 Å². The minimum Gasteiger partial charge on any atom is -0.390 e. The number of hydrogen-bond donors (Lipinski definition) is 3. The van der Waals surface area contributed by atoms with Crippen LogP contribution in [0.4, 0.5) is 0 Å². The first kappa shape index (κ1) is 16.5. The second kappa shape index (κ2) is 5.91. The van der Waals surface area contributed by atoms with Gasteiger partial charge in [-0.15, -0.1) is 11.6 Å². The van der Waals surface area contributed by atoms with Crippen molar-refractivity contribution in [3.63, 3.8) is 0 Å². The number of aliphatic hydroxyl groups excluding tert-OH is 2. The van der Waals surface area contributed by atoms with Gasteiger partial charge in [0.2, 0.25) is 0 Å². The van der Waals surface area contributed by atoms with Crippen LogP contribution in [0.2, 0.25) is 0 Å². The number of piperidine rings is 1. The molecule has 1 saturated carbocycles. The van der Waals surface area contributed by atoms with Crippen molar-refractivity contribution in [2.24, 2.45) is 5.92 Å². The average Bonchev–Trinajstić information content (AvgIpc) is 3.25. The largest absolute Gasteiger partial charge is 0.390 e. The highest BCUT2D eigenvalue weighted by molar-refractivity contribution is 6.21. The molecule has 3 aliphatic rings. The summed E-state index contributed by atoms with van der Waals surface area (Å²) in [5, 5.41) is 31.3. The van der Waals surface area contributed by atoms with Gasteiger partial charge in [0.1, 0.15) is 11.7 Å². The Bertz CT molecular complexity index is 486. The first-order valence-corrected chi connectivity index (χ1v) is 8.61. The normalized spacial score (nSPS) is 47.2. The Morgan fingerprint density at radius 1 is 1.27 bits per heavy atom. The summed E-state index contributed by atoms with van der Waals surface area (Å²) in [6, 6.07) is -0.817. The quantitative estimate of drug-likeness (QED) is 0.542. The number of hydrogen-bond acceptors (Lipinski definition) is 4. The van der Waals surface area contributed by atoms with Crippen molar-refractivity contribution >= 4 is 11.6 Å². The summed E-state index contributed by atoms with van der Waals surface area (Å²) in [5.74, 6) is 0.710. The van der Waals surface area contributed by atoms with E-state index >= 15 is 0 Å². The van der Waals surface area contributed by atoms with Crippen LogP contribution in [0.3, 0.4) is 0 Å². The van der Waals surface area contributed by atoms with Gasteiger partial charge in [-0.3, -0.25) is 4.90 Å². The predicted octanol–water partition coefficient (Wildman–Crippen LogP) is 1.44. The van der Waals surface area contributed by atoms with Crippen LogP contribution in [0.1, 0.15) is 33.1 Å². The summed E-state index contributed by atoms with van der Waals surface area (Å²) >= 11 is 6.16. The van der Waals surface area contributed by atoms with Gasteiger partial charge in [0, 0.05) is 6.54 Å². The second-order valence-electron chi connectivity index (χ2n) is 7.25. The molecule has 124 valence electrons. The lowest BCUT2D eigenvalue weighted by atomic mass is 9.86. The molecule has 22 heavy (non-hydrogen) atoms. The van der Waals surface area contributed by atoms with E-state index in [0.29, 0.717) is 18.9 Å². The minimum absolute atomic E-state index is 0.289. The van der Waals surface area contributed by atoms with Gasteiger partial charge >= 0.3 is 0 Å². The fourth-order valence-electron chi connectivity index (χ4n) is 3.78. The molecule has 6 unspecified atom stereocenters. The summed E-state index contributed by atoms with van der Waals surface area (Å²) in [6.45, 7) is 4.28. The highest BCUT2D eigenvalue weighted by Gasteiger charge is 2.59. The number of fused-ring (bicyclic) bond motifs is 1. The molecule has 0 amide bonds. The van der Waals surface area contributed by atoms with Gasteiger partial charge in [-0.05, 0) is 39.0 Å². The molecule has 0 aromatic rings. The van der Waals surface area contributed by atoms with Crippen LogP contribution in [-0.2, 0) is 0 Å². The lowest BCUT2D eigenvalue weighted by Gasteiger charge is -2.42. The van der Waals surface area contributed by atoms with Crippen LogP contribution in [0, 0.1) is 5.92 Å². The fraction of sp³-hybridized carbons (Fsp3) is 0.765. The zero-order valence-corrected chi connectivity index (χ0v) is 13.9. The third-order valence-electron chi connectivity index (χ3n) is 5.31.